The molecular weight excluding hydrogens is 224 g/mol. The van der Waals surface area contributed by atoms with E-state index in [-0.39, 0.29) is 5.91 Å². The van der Waals surface area contributed by atoms with E-state index in [9.17, 15) is 4.79 Å². The molecule has 0 aromatic carbocycles. The number of hydrogen-bond donors (Lipinski definition) is 0. The molecule has 3 heteroatoms. The van der Waals surface area contributed by atoms with Crippen molar-refractivity contribution in [3.8, 4) is 0 Å². The van der Waals surface area contributed by atoms with Crippen LogP contribution < -0.4 is 0 Å². The topological polar surface area (TPSA) is 25.2 Å². The second-order valence-corrected chi connectivity index (χ2v) is 5.59. The fraction of sp³-hybridized carbons (Fsp3) is 0.533. The Bertz CT molecular complexity index is 485. The fourth-order valence-corrected chi connectivity index (χ4v) is 3.17. The second kappa shape index (κ2) is 4.30. The number of aromatic nitrogens is 1. The van der Waals surface area contributed by atoms with Gasteiger partial charge in [0.25, 0.3) is 5.91 Å². The van der Waals surface area contributed by atoms with E-state index < -0.39 is 0 Å². The smallest absolute Gasteiger partial charge is 0.270 e. The molecule has 0 N–H and O–H groups in total. The van der Waals surface area contributed by atoms with Crippen LogP contribution in [0, 0.1) is 18.8 Å². The zero-order chi connectivity index (χ0) is 12.7. The first-order valence-corrected chi connectivity index (χ1v) is 6.73. The van der Waals surface area contributed by atoms with Crippen LogP contribution in [0.2, 0.25) is 0 Å². The van der Waals surface area contributed by atoms with Gasteiger partial charge < -0.3 is 9.47 Å². The summed E-state index contributed by atoms with van der Waals surface area (Å²) in [5, 5.41) is 0. The molecule has 18 heavy (non-hydrogen) atoms. The molecule has 1 aliphatic carbocycles. The molecule has 3 nitrogen and oxygen atoms in total. The van der Waals surface area contributed by atoms with Crippen LogP contribution in [0.1, 0.15) is 29.0 Å². The lowest BCUT2D eigenvalue weighted by Crippen LogP contribution is -2.30. The normalized spacial score (nSPS) is 26.4. The third-order valence-electron chi connectivity index (χ3n) is 4.50. The Morgan fingerprint density at radius 1 is 1.17 bits per heavy atom. The van der Waals surface area contributed by atoms with E-state index in [0.717, 1.165) is 37.3 Å². The molecule has 1 aromatic heterocycles. The highest BCUT2D eigenvalue weighted by molar-refractivity contribution is 5.93. The maximum absolute atomic E-state index is 12.5. The van der Waals surface area contributed by atoms with Crippen molar-refractivity contribution in [2.45, 2.75) is 19.8 Å². The number of hydrogen-bond acceptors (Lipinski definition) is 1. The van der Waals surface area contributed by atoms with Gasteiger partial charge in [-0.1, -0.05) is 12.2 Å². The first-order valence-electron chi connectivity index (χ1n) is 6.73. The van der Waals surface area contributed by atoms with Gasteiger partial charge in [-0.3, -0.25) is 4.79 Å². The number of rotatable bonds is 1. The largest absolute Gasteiger partial charge is 0.344 e. The van der Waals surface area contributed by atoms with Gasteiger partial charge in [0.15, 0.2) is 0 Å². The van der Waals surface area contributed by atoms with Crippen molar-refractivity contribution < 1.29 is 4.79 Å². The Hall–Kier alpha value is -1.51. The molecule has 96 valence electrons. The fourth-order valence-electron chi connectivity index (χ4n) is 3.17. The van der Waals surface area contributed by atoms with Crippen LogP contribution in [0.5, 0.6) is 0 Å². The van der Waals surface area contributed by atoms with Gasteiger partial charge in [0, 0.05) is 25.8 Å². The summed E-state index contributed by atoms with van der Waals surface area (Å²) in [5.41, 5.74) is 1.95. The average Bonchev–Trinajstić information content (AvgIpc) is 2.94. The van der Waals surface area contributed by atoms with Crippen LogP contribution in [0.4, 0.5) is 0 Å². The van der Waals surface area contributed by atoms with Gasteiger partial charge in [0.2, 0.25) is 0 Å². The highest BCUT2D eigenvalue weighted by Crippen LogP contribution is 2.33. The van der Waals surface area contributed by atoms with Crippen LogP contribution in [0.25, 0.3) is 0 Å². The minimum atomic E-state index is 0.194. The Balaban J connectivity index is 1.77. The third-order valence-corrected chi connectivity index (χ3v) is 4.50. The molecule has 0 radical (unpaired) electrons. The molecule has 0 unspecified atom stereocenters. The molecule has 0 spiro atoms. The van der Waals surface area contributed by atoms with Crippen LogP contribution in [0.15, 0.2) is 24.3 Å². The van der Waals surface area contributed by atoms with Gasteiger partial charge in [-0.05, 0) is 43.7 Å². The molecule has 1 amide bonds. The van der Waals surface area contributed by atoms with Gasteiger partial charge in [-0.15, -0.1) is 0 Å². The summed E-state index contributed by atoms with van der Waals surface area (Å²) in [6, 6.07) is 3.95. The molecule has 0 bridgehead atoms. The lowest BCUT2D eigenvalue weighted by molar-refractivity contribution is 0.0774. The molecule has 1 aliphatic heterocycles. The number of aryl methyl sites for hydroxylation is 1. The molecule has 2 atom stereocenters. The molecule has 1 saturated heterocycles. The lowest BCUT2D eigenvalue weighted by Gasteiger charge is -2.17. The van der Waals surface area contributed by atoms with E-state index in [1.807, 2.05) is 35.6 Å². The number of fused-ring (bicyclic) bond motifs is 1. The molecule has 1 fully saturated rings. The third kappa shape index (κ3) is 1.78. The summed E-state index contributed by atoms with van der Waals surface area (Å²) in [6.07, 6.45) is 6.81. The Labute approximate surface area is 108 Å². The van der Waals surface area contributed by atoms with Gasteiger partial charge in [0.05, 0.1) is 0 Å². The predicted molar refractivity (Wildman–Crippen MR) is 71.4 cm³/mol. The minimum absolute atomic E-state index is 0.194. The maximum Gasteiger partial charge on any atom is 0.270 e. The quantitative estimate of drug-likeness (QED) is 0.696. The Morgan fingerprint density at radius 3 is 2.28 bits per heavy atom. The van der Waals surface area contributed by atoms with Crippen molar-refractivity contribution in [2.24, 2.45) is 18.9 Å². The average molecular weight is 244 g/mol. The van der Waals surface area contributed by atoms with E-state index in [1.54, 1.807) is 0 Å². The number of carbonyl (C=O) groups is 1. The van der Waals surface area contributed by atoms with E-state index in [1.165, 1.54) is 0 Å². The van der Waals surface area contributed by atoms with Crippen LogP contribution >= 0.6 is 0 Å². The summed E-state index contributed by atoms with van der Waals surface area (Å²) < 4.78 is 1.99. The predicted octanol–water partition coefficient (Wildman–Crippen LogP) is 2.37. The Morgan fingerprint density at radius 2 is 1.78 bits per heavy atom. The number of allylic oxidation sites excluding steroid dienone is 2. The molecule has 2 aliphatic rings. The van der Waals surface area contributed by atoms with E-state index in [4.69, 9.17) is 0 Å². The SMILES string of the molecule is Cc1ccc(C(=O)N2C[C@@H]3CC=CC[C@H]3C2)n1C. The van der Waals surface area contributed by atoms with Gasteiger partial charge in [0.1, 0.15) is 5.69 Å². The first-order chi connectivity index (χ1) is 8.66. The monoisotopic (exact) mass is 244 g/mol. The Kier molecular flexibility index (Phi) is 2.77. The summed E-state index contributed by atoms with van der Waals surface area (Å²) in [7, 11) is 1.97. The maximum atomic E-state index is 12.5. The van der Waals surface area contributed by atoms with Gasteiger partial charge >= 0.3 is 0 Å². The number of carbonyl (C=O) groups excluding carboxylic acids is 1. The van der Waals surface area contributed by atoms with E-state index >= 15 is 0 Å². The standard InChI is InChI=1S/C15H20N2O/c1-11-7-8-14(16(11)2)15(18)17-9-12-5-3-4-6-13(12)10-17/h3-4,7-8,12-13H,5-6,9-10H2,1-2H3/t12-,13-/m0/s1. The molecule has 2 heterocycles. The van der Waals surface area contributed by atoms with Crippen molar-refractivity contribution in [2.75, 3.05) is 13.1 Å². The molecular formula is C15H20N2O. The summed E-state index contributed by atoms with van der Waals surface area (Å²) >= 11 is 0. The molecule has 0 saturated carbocycles. The number of likely N-dealkylation sites (tertiary alicyclic amines) is 1. The number of nitrogens with zero attached hydrogens (tertiary/aromatic N) is 2. The molecule has 3 rings (SSSR count). The van der Waals surface area contributed by atoms with Crippen molar-refractivity contribution in [1.82, 2.24) is 9.47 Å². The van der Waals surface area contributed by atoms with Crippen LogP contribution in [-0.2, 0) is 7.05 Å². The zero-order valence-corrected chi connectivity index (χ0v) is 11.1. The van der Waals surface area contributed by atoms with E-state index in [2.05, 4.69) is 12.2 Å². The second-order valence-electron chi connectivity index (χ2n) is 5.59. The zero-order valence-electron chi connectivity index (χ0n) is 11.1. The van der Waals surface area contributed by atoms with Gasteiger partial charge in [-0.2, -0.15) is 0 Å². The summed E-state index contributed by atoms with van der Waals surface area (Å²) in [6.45, 7) is 3.89. The van der Waals surface area contributed by atoms with Crippen molar-refractivity contribution in [3.05, 3.63) is 35.7 Å². The minimum Gasteiger partial charge on any atom is -0.344 e. The molecule has 1 aromatic rings. The first kappa shape index (κ1) is 11.6. The highest BCUT2D eigenvalue weighted by Gasteiger charge is 2.35. The number of amides is 1. The summed E-state index contributed by atoms with van der Waals surface area (Å²) in [5.74, 6) is 1.56. The van der Waals surface area contributed by atoms with Crippen molar-refractivity contribution in [1.29, 1.82) is 0 Å². The van der Waals surface area contributed by atoms with Gasteiger partial charge in [-0.25, -0.2) is 0 Å². The van der Waals surface area contributed by atoms with Crippen LogP contribution in [0.3, 0.4) is 0 Å². The summed E-state index contributed by atoms with van der Waals surface area (Å²) in [4.78, 5) is 14.5. The highest BCUT2D eigenvalue weighted by atomic mass is 16.2. The van der Waals surface area contributed by atoms with E-state index in [0.29, 0.717) is 11.8 Å². The van der Waals surface area contributed by atoms with Crippen molar-refractivity contribution in [3.63, 3.8) is 0 Å². The van der Waals surface area contributed by atoms with Crippen molar-refractivity contribution >= 4 is 5.91 Å². The van der Waals surface area contributed by atoms with Crippen LogP contribution in [-0.4, -0.2) is 28.5 Å². The lowest BCUT2D eigenvalue weighted by atomic mass is 9.86.